The molecule has 2 atom stereocenters. The molecule has 0 heterocycles. The Morgan fingerprint density at radius 1 is 0.554 bits per heavy atom. The van der Waals surface area contributed by atoms with Gasteiger partial charge in [0, 0.05) is 12.8 Å². The zero-order valence-electron chi connectivity index (χ0n) is 36.8. The molecule has 9 nitrogen and oxygen atoms in total. The molecule has 56 heavy (non-hydrogen) atoms. The van der Waals surface area contributed by atoms with Crippen molar-refractivity contribution in [2.75, 3.05) is 47.5 Å². The lowest BCUT2D eigenvalue weighted by molar-refractivity contribution is -0.870. The number of unbranched alkanes of at least 4 members (excludes halogenated alkanes) is 21. The summed E-state index contributed by atoms with van der Waals surface area (Å²) in [4.78, 5) is 37.5. The van der Waals surface area contributed by atoms with Crippen molar-refractivity contribution in [2.45, 2.75) is 200 Å². The number of nitrogens with zero attached hydrogens (tertiary/aromatic N) is 1. The number of carbonyl (C=O) groups is 2. The smallest absolute Gasteiger partial charge is 0.306 e. The predicted octanol–water partition coefficient (Wildman–Crippen LogP) is 12.3. The predicted molar refractivity (Wildman–Crippen MR) is 231 cm³/mol. The maximum Gasteiger partial charge on any atom is 0.306 e. The van der Waals surface area contributed by atoms with Crippen LogP contribution in [-0.2, 0) is 32.7 Å². The fourth-order valence-electron chi connectivity index (χ4n) is 6.03. The molecule has 0 radical (unpaired) electrons. The van der Waals surface area contributed by atoms with Crippen molar-refractivity contribution in [3.8, 4) is 0 Å². The Bertz CT molecular complexity index is 1050. The lowest BCUT2D eigenvalue weighted by atomic mass is 10.1. The van der Waals surface area contributed by atoms with Crippen LogP contribution in [0.1, 0.15) is 194 Å². The van der Waals surface area contributed by atoms with Gasteiger partial charge in [0.2, 0.25) is 0 Å². The number of rotatable bonds is 41. The van der Waals surface area contributed by atoms with Crippen LogP contribution in [0.3, 0.4) is 0 Å². The van der Waals surface area contributed by atoms with Crippen molar-refractivity contribution in [3.63, 3.8) is 0 Å². The first-order chi connectivity index (χ1) is 27.0. The number of phosphoric ester groups is 1. The Kier molecular flexibility index (Phi) is 37.5. The first-order valence-corrected chi connectivity index (χ1v) is 24.2. The molecule has 0 bridgehead atoms. The highest BCUT2D eigenvalue weighted by molar-refractivity contribution is 7.45. The van der Waals surface area contributed by atoms with E-state index in [2.05, 4.69) is 50.3 Å². The molecule has 10 heteroatoms. The van der Waals surface area contributed by atoms with Crippen molar-refractivity contribution in [1.82, 2.24) is 0 Å². The number of allylic oxidation sites excluding steroid dienone is 6. The topological polar surface area (TPSA) is 111 Å². The van der Waals surface area contributed by atoms with E-state index < -0.39 is 32.5 Å². The molecule has 0 aromatic carbocycles. The SMILES string of the molecule is CCCCC/C=C\C/C=C\CCCCCCCC(=O)O[C@H](COC(=O)CCCCCCCCC/C=C\CCCCCCCC)COP(=O)([O-])OCC[N+](C)(C)C. The third-order valence-corrected chi connectivity index (χ3v) is 10.6. The van der Waals surface area contributed by atoms with E-state index in [4.69, 9.17) is 18.5 Å². The molecule has 0 spiro atoms. The first-order valence-electron chi connectivity index (χ1n) is 22.7. The van der Waals surface area contributed by atoms with E-state index in [0.717, 1.165) is 70.6 Å². The second kappa shape index (κ2) is 38.7. The summed E-state index contributed by atoms with van der Waals surface area (Å²) >= 11 is 0. The minimum absolute atomic E-state index is 0.0345. The summed E-state index contributed by atoms with van der Waals surface area (Å²) in [5.74, 6) is -0.854. The average molecular weight is 812 g/mol. The van der Waals surface area contributed by atoms with Gasteiger partial charge in [-0.2, -0.15) is 0 Å². The molecular formula is C46H86NO8P. The van der Waals surface area contributed by atoms with E-state index in [9.17, 15) is 19.0 Å². The monoisotopic (exact) mass is 812 g/mol. The van der Waals surface area contributed by atoms with Crippen LogP contribution in [0.15, 0.2) is 36.5 Å². The van der Waals surface area contributed by atoms with Gasteiger partial charge in [0.05, 0.1) is 27.7 Å². The summed E-state index contributed by atoms with van der Waals surface area (Å²) in [5, 5.41) is 0. The van der Waals surface area contributed by atoms with Crippen molar-refractivity contribution in [1.29, 1.82) is 0 Å². The van der Waals surface area contributed by atoms with Gasteiger partial charge in [-0.15, -0.1) is 0 Å². The highest BCUT2D eigenvalue weighted by Crippen LogP contribution is 2.38. The average Bonchev–Trinajstić information content (AvgIpc) is 3.15. The van der Waals surface area contributed by atoms with E-state index in [0.29, 0.717) is 17.4 Å². The fourth-order valence-corrected chi connectivity index (χ4v) is 6.76. The summed E-state index contributed by atoms with van der Waals surface area (Å²) in [6, 6.07) is 0. The van der Waals surface area contributed by atoms with Gasteiger partial charge in [-0.3, -0.25) is 14.2 Å². The van der Waals surface area contributed by atoms with Gasteiger partial charge in [-0.25, -0.2) is 0 Å². The number of hydrogen-bond donors (Lipinski definition) is 0. The summed E-state index contributed by atoms with van der Waals surface area (Å²) < 4.78 is 33.9. The Morgan fingerprint density at radius 2 is 0.964 bits per heavy atom. The number of likely N-dealkylation sites (N-methyl/N-ethyl adjacent to an activating group) is 1. The van der Waals surface area contributed by atoms with Gasteiger partial charge in [0.15, 0.2) is 6.10 Å². The normalized spacial score (nSPS) is 13.9. The van der Waals surface area contributed by atoms with E-state index in [1.165, 1.54) is 89.9 Å². The molecule has 0 saturated carbocycles. The van der Waals surface area contributed by atoms with Gasteiger partial charge in [0.25, 0.3) is 7.82 Å². The van der Waals surface area contributed by atoms with Crippen molar-refractivity contribution in [2.24, 2.45) is 0 Å². The van der Waals surface area contributed by atoms with Crippen molar-refractivity contribution < 1.29 is 42.1 Å². The van der Waals surface area contributed by atoms with Crippen LogP contribution in [0.4, 0.5) is 0 Å². The molecule has 0 N–H and O–H groups in total. The van der Waals surface area contributed by atoms with Gasteiger partial charge < -0.3 is 27.9 Å². The minimum atomic E-state index is -4.63. The van der Waals surface area contributed by atoms with E-state index in [-0.39, 0.29) is 26.1 Å². The first kappa shape index (κ1) is 54.2. The Morgan fingerprint density at radius 3 is 1.46 bits per heavy atom. The lowest BCUT2D eigenvalue weighted by Gasteiger charge is -2.28. The molecule has 0 aromatic heterocycles. The summed E-state index contributed by atoms with van der Waals surface area (Å²) in [7, 11) is 1.15. The molecule has 0 fully saturated rings. The van der Waals surface area contributed by atoms with Crippen LogP contribution in [0.5, 0.6) is 0 Å². The van der Waals surface area contributed by atoms with Crippen LogP contribution >= 0.6 is 7.82 Å². The number of phosphoric acid groups is 1. The highest BCUT2D eigenvalue weighted by Gasteiger charge is 2.21. The standard InChI is InChI=1S/C46H86NO8P/c1-6-8-10-12-14-16-18-20-22-23-25-26-28-30-32-34-36-38-45(48)52-42-44(43-54-56(50,51)53-41-40-47(3,4)5)55-46(49)39-37-35-33-31-29-27-24-21-19-17-15-13-11-9-7-2/h15,17,20-22,24,44H,6-14,16,18-19,23,25-43H2,1-5H3/b17-15-,22-20-,24-21-/t44-/m1/s1. The fraction of sp³-hybridized carbons (Fsp3) is 0.826. The third-order valence-electron chi connectivity index (χ3n) is 9.63. The third kappa shape index (κ3) is 41.9. The van der Waals surface area contributed by atoms with Crippen LogP contribution in [0.2, 0.25) is 0 Å². The Hall–Kier alpha value is -1.77. The summed E-state index contributed by atoms with van der Waals surface area (Å²) in [6.45, 7) is 4.18. The van der Waals surface area contributed by atoms with E-state index in [1.807, 2.05) is 21.1 Å². The minimum Gasteiger partial charge on any atom is -0.756 e. The molecule has 1 unspecified atom stereocenters. The van der Waals surface area contributed by atoms with Crippen molar-refractivity contribution in [3.05, 3.63) is 36.5 Å². The molecular weight excluding hydrogens is 725 g/mol. The van der Waals surface area contributed by atoms with Gasteiger partial charge in [0.1, 0.15) is 19.8 Å². The zero-order valence-corrected chi connectivity index (χ0v) is 37.7. The van der Waals surface area contributed by atoms with E-state index >= 15 is 0 Å². The Balaban J connectivity index is 4.36. The number of hydrogen-bond acceptors (Lipinski definition) is 8. The Labute approximate surface area is 344 Å². The summed E-state index contributed by atoms with van der Waals surface area (Å²) in [6.07, 6.45) is 43.1. The molecule has 0 saturated heterocycles. The number of ether oxygens (including phenoxy) is 2. The highest BCUT2D eigenvalue weighted by atomic mass is 31.2. The van der Waals surface area contributed by atoms with Crippen LogP contribution in [-0.4, -0.2) is 70.0 Å². The maximum absolute atomic E-state index is 12.7. The van der Waals surface area contributed by atoms with Crippen molar-refractivity contribution >= 4 is 19.8 Å². The molecule has 0 rings (SSSR count). The molecule has 0 aromatic rings. The zero-order chi connectivity index (χ0) is 41.4. The van der Waals surface area contributed by atoms with Gasteiger partial charge in [-0.1, -0.05) is 147 Å². The molecule has 0 aliphatic rings. The number of carbonyl (C=O) groups excluding carboxylic acids is 2. The largest absolute Gasteiger partial charge is 0.756 e. The van der Waals surface area contributed by atoms with Crippen LogP contribution < -0.4 is 4.89 Å². The van der Waals surface area contributed by atoms with Gasteiger partial charge in [-0.05, 0) is 70.6 Å². The second-order valence-electron chi connectivity index (χ2n) is 16.4. The van der Waals surface area contributed by atoms with Gasteiger partial charge >= 0.3 is 11.9 Å². The molecule has 328 valence electrons. The number of quaternary nitrogens is 1. The number of esters is 2. The molecule has 0 aliphatic carbocycles. The molecule has 0 amide bonds. The van der Waals surface area contributed by atoms with Crippen LogP contribution in [0, 0.1) is 0 Å². The summed E-state index contributed by atoms with van der Waals surface area (Å²) in [5.41, 5.74) is 0. The second-order valence-corrected chi connectivity index (χ2v) is 17.8. The quantitative estimate of drug-likeness (QED) is 0.0197. The maximum atomic E-state index is 12.7. The molecule has 0 aliphatic heterocycles. The van der Waals surface area contributed by atoms with Crippen LogP contribution in [0.25, 0.3) is 0 Å². The lowest BCUT2D eigenvalue weighted by Crippen LogP contribution is -2.37. The van der Waals surface area contributed by atoms with E-state index in [1.54, 1.807) is 0 Å².